The molecule has 2 aliphatic rings. The number of amides is 1. The van der Waals surface area contributed by atoms with Gasteiger partial charge in [0.1, 0.15) is 0 Å². The number of methoxy groups -OCH3 is 1. The van der Waals surface area contributed by atoms with E-state index in [1.807, 2.05) is 17.9 Å². The SMILES string of the molecule is COC(=O)C1=C(C)N(C2CCCCC2)C(=O)/C1=C/c1cc(C)n(-c2ccc(C)c(C)c2)c1C. The Morgan fingerprint density at radius 3 is 2.33 bits per heavy atom. The molecule has 0 spiro atoms. The number of aromatic nitrogens is 1. The van der Waals surface area contributed by atoms with Gasteiger partial charge in [-0.3, -0.25) is 4.79 Å². The first-order valence-electron chi connectivity index (χ1n) is 11.9. The fraction of sp³-hybridized carbons (Fsp3) is 0.429. The van der Waals surface area contributed by atoms with Gasteiger partial charge in [0, 0.05) is 28.8 Å². The summed E-state index contributed by atoms with van der Waals surface area (Å²) < 4.78 is 7.29. The molecule has 5 nitrogen and oxygen atoms in total. The van der Waals surface area contributed by atoms with E-state index < -0.39 is 5.97 Å². The lowest BCUT2D eigenvalue weighted by molar-refractivity contribution is -0.136. The van der Waals surface area contributed by atoms with Crippen molar-refractivity contribution in [1.82, 2.24) is 9.47 Å². The molecule has 0 atom stereocenters. The summed E-state index contributed by atoms with van der Waals surface area (Å²) in [6, 6.07) is 8.67. The van der Waals surface area contributed by atoms with Crippen molar-refractivity contribution in [3.05, 3.63) is 69.2 Å². The average molecular weight is 447 g/mol. The molecule has 0 bridgehead atoms. The van der Waals surface area contributed by atoms with Gasteiger partial charge in [-0.2, -0.15) is 0 Å². The van der Waals surface area contributed by atoms with Crippen LogP contribution in [0.3, 0.4) is 0 Å². The monoisotopic (exact) mass is 446 g/mol. The van der Waals surface area contributed by atoms with Crippen LogP contribution in [0.15, 0.2) is 41.1 Å². The highest BCUT2D eigenvalue weighted by Crippen LogP contribution is 2.37. The van der Waals surface area contributed by atoms with Crippen molar-refractivity contribution >= 4 is 18.0 Å². The van der Waals surface area contributed by atoms with Crippen molar-refractivity contribution in [2.75, 3.05) is 7.11 Å². The van der Waals surface area contributed by atoms with E-state index in [0.29, 0.717) is 16.8 Å². The third-order valence-corrected chi connectivity index (χ3v) is 7.29. The summed E-state index contributed by atoms with van der Waals surface area (Å²) in [5.74, 6) is -0.538. The van der Waals surface area contributed by atoms with Gasteiger partial charge in [-0.05, 0) is 88.4 Å². The first-order valence-corrected chi connectivity index (χ1v) is 11.9. The zero-order chi connectivity index (χ0) is 23.9. The topological polar surface area (TPSA) is 51.5 Å². The first-order chi connectivity index (χ1) is 15.7. The van der Waals surface area contributed by atoms with E-state index in [1.54, 1.807) is 0 Å². The number of nitrogens with zero attached hydrogens (tertiary/aromatic N) is 2. The molecule has 1 aromatic heterocycles. The average Bonchev–Trinajstić information content (AvgIpc) is 3.21. The Morgan fingerprint density at radius 2 is 1.70 bits per heavy atom. The van der Waals surface area contributed by atoms with Gasteiger partial charge in [0.15, 0.2) is 0 Å². The summed E-state index contributed by atoms with van der Waals surface area (Å²) in [5, 5.41) is 0. The van der Waals surface area contributed by atoms with E-state index in [4.69, 9.17) is 4.74 Å². The minimum Gasteiger partial charge on any atom is -0.465 e. The standard InChI is InChI=1S/C28H34N2O3/c1-17-12-13-24(14-18(17)2)29-19(3)15-22(20(29)4)16-25-26(28(32)33-6)21(5)30(27(25)31)23-10-8-7-9-11-23/h12-16,23H,7-11H2,1-6H3/b25-16+. The molecule has 0 N–H and O–H groups in total. The number of benzene rings is 1. The number of rotatable bonds is 4. The van der Waals surface area contributed by atoms with Gasteiger partial charge < -0.3 is 14.2 Å². The Morgan fingerprint density at radius 1 is 1.00 bits per heavy atom. The van der Waals surface area contributed by atoms with Gasteiger partial charge in [-0.25, -0.2) is 4.79 Å². The van der Waals surface area contributed by atoms with Crippen molar-refractivity contribution in [3.63, 3.8) is 0 Å². The van der Waals surface area contributed by atoms with E-state index in [9.17, 15) is 9.59 Å². The fourth-order valence-electron chi connectivity index (χ4n) is 5.33. The van der Waals surface area contributed by atoms with E-state index in [2.05, 4.69) is 56.5 Å². The molecule has 33 heavy (non-hydrogen) atoms. The largest absolute Gasteiger partial charge is 0.465 e. The molecule has 1 aliphatic carbocycles. The molecular weight excluding hydrogens is 412 g/mol. The molecule has 5 heteroatoms. The number of allylic oxidation sites excluding steroid dienone is 1. The Bertz CT molecular complexity index is 1180. The lowest BCUT2D eigenvalue weighted by atomic mass is 9.94. The Balaban J connectivity index is 1.79. The quantitative estimate of drug-likeness (QED) is 0.446. The van der Waals surface area contributed by atoms with Gasteiger partial charge in [0.2, 0.25) is 0 Å². The Kier molecular flexibility index (Phi) is 6.33. The van der Waals surface area contributed by atoms with Gasteiger partial charge in [0.25, 0.3) is 5.91 Å². The van der Waals surface area contributed by atoms with E-state index in [0.717, 1.165) is 48.3 Å². The van der Waals surface area contributed by atoms with Crippen molar-refractivity contribution in [2.45, 2.75) is 72.8 Å². The molecule has 1 fully saturated rings. The molecule has 174 valence electrons. The minimum atomic E-state index is -0.451. The van der Waals surface area contributed by atoms with Crippen LogP contribution in [0.2, 0.25) is 0 Å². The van der Waals surface area contributed by atoms with Gasteiger partial charge in [-0.15, -0.1) is 0 Å². The van der Waals surface area contributed by atoms with Crippen LogP contribution < -0.4 is 0 Å². The number of hydrogen-bond donors (Lipinski definition) is 0. The molecule has 1 amide bonds. The summed E-state index contributed by atoms with van der Waals surface area (Å²) in [4.78, 5) is 28.2. The van der Waals surface area contributed by atoms with Crippen molar-refractivity contribution in [1.29, 1.82) is 0 Å². The second-order valence-corrected chi connectivity index (χ2v) is 9.41. The van der Waals surface area contributed by atoms with Crippen LogP contribution in [0.1, 0.15) is 67.1 Å². The number of hydrogen-bond acceptors (Lipinski definition) is 3. The van der Waals surface area contributed by atoms with Crippen molar-refractivity contribution < 1.29 is 14.3 Å². The van der Waals surface area contributed by atoms with Gasteiger partial charge in [-0.1, -0.05) is 25.3 Å². The maximum absolute atomic E-state index is 13.6. The molecule has 2 aromatic rings. The second-order valence-electron chi connectivity index (χ2n) is 9.41. The predicted molar refractivity (Wildman–Crippen MR) is 131 cm³/mol. The van der Waals surface area contributed by atoms with Crippen molar-refractivity contribution in [3.8, 4) is 5.69 Å². The lowest BCUT2D eigenvalue weighted by Crippen LogP contribution is -2.37. The predicted octanol–water partition coefficient (Wildman–Crippen LogP) is 5.72. The smallest absolute Gasteiger partial charge is 0.340 e. The van der Waals surface area contributed by atoms with Crippen LogP contribution in [-0.4, -0.2) is 34.5 Å². The third kappa shape index (κ3) is 4.05. The van der Waals surface area contributed by atoms with Crippen LogP contribution in [0, 0.1) is 27.7 Å². The Hall–Kier alpha value is -3.08. The summed E-state index contributed by atoms with van der Waals surface area (Å²) >= 11 is 0. The summed E-state index contributed by atoms with van der Waals surface area (Å²) in [6.07, 6.45) is 7.27. The minimum absolute atomic E-state index is 0.0872. The molecule has 0 saturated heterocycles. The maximum Gasteiger partial charge on any atom is 0.340 e. The highest BCUT2D eigenvalue weighted by atomic mass is 16.5. The van der Waals surface area contributed by atoms with E-state index in [-0.39, 0.29) is 11.9 Å². The molecule has 1 aliphatic heterocycles. The molecule has 2 heterocycles. The molecule has 1 aromatic carbocycles. The van der Waals surface area contributed by atoms with Crippen molar-refractivity contribution in [2.24, 2.45) is 0 Å². The number of carbonyl (C=O) groups is 2. The van der Waals surface area contributed by atoms with Crippen LogP contribution in [0.4, 0.5) is 0 Å². The summed E-state index contributed by atoms with van der Waals surface area (Å²) in [7, 11) is 1.37. The molecule has 1 saturated carbocycles. The van der Waals surface area contributed by atoms with Crippen LogP contribution in [-0.2, 0) is 14.3 Å². The number of esters is 1. The first kappa shape index (κ1) is 23.1. The number of aryl methyl sites for hydroxylation is 3. The molecule has 4 rings (SSSR count). The Labute approximate surface area is 196 Å². The van der Waals surface area contributed by atoms with Crippen LogP contribution in [0.5, 0.6) is 0 Å². The molecule has 0 radical (unpaired) electrons. The van der Waals surface area contributed by atoms with E-state index in [1.165, 1.54) is 24.7 Å². The molecular formula is C28H34N2O3. The third-order valence-electron chi connectivity index (χ3n) is 7.29. The fourth-order valence-corrected chi connectivity index (χ4v) is 5.33. The highest BCUT2D eigenvalue weighted by molar-refractivity contribution is 6.16. The zero-order valence-corrected chi connectivity index (χ0v) is 20.6. The summed E-state index contributed by atoms with van der Waals surface area (Å²) in [5.41, 5.74) is 8.19. The van der Waals surface area contributed by atoms with Gasteiger partial charge in [0.05, 0.1) is 18.3 Å². The van der Waals surface area contributed by atoms with Gasteiger partial charge >= 0.3 is 5.97 Å². The zero-order valence-electron chi connectivity index (χ0n) is 20.6. The maximum atomic E-state index is 13.6. The van der Waals surface area contributed by atoms with Crippen LogP contribution in [0.25, 0.3) is 11.8 Å². The van der Waals surface area contributed by atoms with Crippen LogP contribution >= 0.6 is 0 Å². The normalized spacial score (nSPS) is 18.5. The summed E-state index contributed by atoms with van der Waals surface area (Å²) in [6.45, 7) is 10.2. The molecule has 0 unspecified atom stereocenters. The number of carbonyl (C=O) groups excluding carboxylic acids is 2. The second kappa shape index (κ2) is 9.05. The highest BCUT2D eigenvalue weighted by Gasteiger charge is 2.40. The lowest BCUT2D eigenvalue weighted by Gasteiger charge is -2.32. The number of ether oxygens (including phenoxy) is 1. The van der Waals surface area contributed by atoms with E-state index >= 15 is 0 Å².